The Kier molecular flexibility index (Phi) is 5.10. The van der Waals surface area contributed by atoms with E-state index in [2.05, 4.69) is 26.0 Å². The highest BCUT2D eigenvalue weighted by atomic mass is 32.2. The van der Waals surface area contributed by atoms with Gasteiger partial charge in [0.1, 0.15) is 0 Å². The number of rotatable bonds is 5. The number of para-hydroxylation sites is 1. The maximum absolute atomic E-state index is 13.3. The highest BCUT2D eigenvalue weighted by Crippen LogP contribution is 2.29. The lowest BCUT2D eigenvalue weighted by Crippen LogP contribution is -2.23. The monoisotopic (exact) mass is 463 g/mol. The van der Waals surface area contributed by atoms with Gasteiger partial charge in [-0.3, -0.25) is 14.4 Å². The first-order chi connectivity index (χ1) is 15.4. The van der Waals surface area contributed by atoms with Crippen LogP contribution in [0.3, 0.4) is 0 Å². The Balaban J connectivity index is 1.55. The van der Waals surface area contributed by atoms with Crippen LogP contribution in [0.1, 0.15) is 5.56 Å². The van der Waals surface area contributed by atoms with Crippen LogP contribution < -0.4 is 5.56 Å². The summed E-state index contributed by atoms with van der Waals surface area (Å²) in [5.74, 6) is 0.550. The van der Waals surface area contributed by atoms with Crippen molar-refractivity contribution in [2.45, 2.75) is 16.5 Å². The molecule has 0 amide bonds. The third-order valence-corrected chi connectivity index (χ3v) is 7.17. The Bertz CT molecular complexity index is 1540. The highest BCUT2D eigenvalue weighted by molar-refractivity contribution is 7.99. The summed E-state index contributed by atoms with van der Waals surface area (Å²) in [7, 11) is -3.35. The molecule has 3 heterocycles. The molecule has 0 spiro atoms. The van der Waals surface area contributed by atoms with Crippen LogP contribution in [0.25, 0.3) is 16.9 Å². The van der Waals surface area contributed by atoms with Crippen molar-refractivity contribution >= 4 is 44.2 Å². The van der Waals surface area contributed by atoms with E-state index in [1.54, 1.807) is 12.1 Å². The molecule has 0 aliphatic carbocycles. The third kappa shape index (κ3) is 3.82. The van der Waals surface area contributed by atoms with Crippen molar-refractivity contribution in [2.75, 3.05) is 12.0 Å². The normalized spacial score (nSPS) is 13.2. The Morgan fingerprint density at radius 1 is 1.03 bits per heavy atom. The summed E-state index contributed by atoms with van der Waals surface area (Å²) in [6.45, 7) is 0. The summed E-state index contributed by atoms with van der Waals surface area (Å²) in [6.07, 6.45) is 4.83. The molecule has 8 nitrogen and oxygen atoms in total. The Hall–Kier alpha value is -3.37. The lowest BCUT2D eigenvalue weighted by Gasteiger charge is -2.13. The zero-order chi connectivity index (χ0) is 22.3. The number of nitrogens with zero attached hydrogens (tertiary/aromatic N) is 5. The zero-order valence-corrected chi connectivity index (χ0v) is 18.6. The first-order valence-electron chi connectivity index (χ1n) is 9.71. The quantitative estimate of drug-likeness (QED) is 0.331. The Labute approximate surface area is 188 Å². The van der Waals surface area contributed by atoms with Crippen molar-refractivity contribution in [3.8, 4) is 5.69 Å². The SMILES string of the molecule is CS(=O)(=O)c1ccc(-n2c(SCC3=Nc4ccccc4C3)nc3nccnc3c2=O)cc1. The third-order valence-electron chi connectivity index (χ3n) is 5.03. The zero-order valence-electron chi connectivity index (χ0n) is 17.0. The average Bonchev–Trinajstić information content (AvgIpc) is 3.20. The highest BCUT2D eigenvalue weighted by Gasteiger charge is 2.19. The molecule has 160 valence electrons. The fourth-order valence-corrected chi connectivity index (χ4v) is 5.06. The van der Waals surface area contributed by atoms with E-state index in [0.717, 1.165) is 24.1 Å². The number of thioether (sulfide) groups is 1. The molecule has 0 saturated carbocycles. The van der Waals surface area contributed by atoms with Gasteiger partial charge in [0.25, 0.3) is 5.56 Å². The molecule has 4 aromatic rings. The molecule has 0 fully saturated rings. The first kappa shape index (κ1) is 20.5. The molecular weight excluding hydrogens is 446 g/mol. The summed E-state index contributed by atoms with van der Waals surface area (Å²) in [4.78, 5) is 31.0. The Morgan fingerprint density at radius 3 is 2.53 bits per heavy atom. The second kappa shape index (κ2) is 7.95. The fraction of sp³-hybridized carbons (Fsp3) is 0.136. The van der Waals surface area contributed by atoms with E-state index in [-0.39, 0.29) is 21.6 Å². The van der Waals surface area contributed by atoms with Crippen molar-refractivity contribution < 1.29 is 8.42 Å². The molecule has 32 heavy (non-hydrogen) atoms. The predicted octanol–water partition coefficient (Wildman–Crippen LogP) is 3.00. The molecule has 10 heteroatoms. The molecule has 0 unspecified atom stereocenters. The second-order valence-electron chi connectivity index (χ2n) is 7.30. The van der Waals surface area contributed by atoms with Gasteiger partial charge in [0.2, 0.25) is 0 Å². The average molecular weight is 464 g/mol. The summed E-state index contributed by atoms with van der Waals surface area (Å²) in [5, 5.41) is 0.439. The van der Waals surface area contributed by atoms with E-state index < -0.39 is 9.84 Å². The minimum absolute atomic E-state index is 0.148. The topological polar surface area (TPSA) is 107 Å². The van der Waals surface area contributed by atoms with Crippen molar-refractivity contribution in [2.24, 2.45) is 4.99 Å². The van der Waals surface area contributed by atoms with Crippen molar-refractivity contribution in [3.05, 3.63) is 76.8 Å². The number of aromatic nitrogens is 4. The molecule has 0 bridgehead atoms. The number of benzene rings is 2. The van der Waals surface area contributed by atoms with Crippen LogP contribution >= 0.6 is 11.8 Å². The molecule has 2 aromatic carbocycles. The van der Waals surface area contributed by atoms with E-state index in [4.69, 9.17) is 0 Å². The predicted molar refractivity (Wildman–Crippen MR) is 124 cm³/mol. The van der Waals surface area contributed by atoms with Crippen LogP contribution in [0.15, 0.2) is 80.8 Å². The van der Waals surface area contributed by atoms with Crippen LogP contribution in [-0.2, 0) is 16.3 Å². The molecule has 1 aliphatic heterocycles. The van der Waals surface area contributed by atoms with Gasteiger partial charge in [0.15, 0.2) is 26.2 Å². The largest absolute Gasteiger partial charge is 0.286 e. The van der Waals surface area contributed by atoms with E-state index >= 15 is 0 Å². The maximum atomic E-state index is 13.3. The van der Waals surface area contributed by atoms with Crippen LogP contribution in [0.2, 0.25) is 0 Å². The standard InChI is InChI=1S/C22H17N5O3S2/c1-32(29,30)17-8-6-16(7-9-17)27-21(28)19-20(24-11-10-23-19)26-22(27)31-13-15-12-14-4-2-3-5-18(14)25-15/h2-11H,12-13H2,1H3. The Morgan fingerprint density at radius 2 is 1.78 bits per heavy atom. The van der Waals surface area contributed by atoms with E-state index in [9.17, 15) is 13.2 Å². The number of sulfone groups is 1. The molecular formula is C22H17N5O3S2. The molecule has 0 saturated heterocycles. The van der Waals surface area contributed by atoms with Gasteiger partial charge in [-0.1, -0.05) is 30.0 Å². The van der Waals surface area contributed by atoms with E-state index in [0.29, 0.717) is 16.6 Å². The van der Waals surface area contributed by atoms with Gasteiger partial charge >= 0.3 is 0 Å². The number of fused-ring (bicyclic) bond motifs is 2. The van der Waals surface area contributed by atoms with Crippen LogP contribution in [-0.4, -0.2) is 45.7 Å². The molecule has 2 aromatic heterocycles. The molecule has 5 rings (SSSR count). The van der Waals surface area contributed by atoms with Crippen molar-refractivity contribution in [1.29, 1.82) is 0 Å². The number of hydrogen-bond acceptors (Lipinski definition) is 8. The number of hydrogen-bond donors (Lipinski definition) is 0. The van der Waals surface area contributed by atoms with Crippen LogP contribution in [0.4, 0.5) is 5.69 Å². The van der Waals surface area contributed by atoms with Gasteiger partial charge in [-0.05, 0) is 35.9 Å². The lowest BCUT2D eigenvalue weighted by atomic mass is 10.1. The van der Waals surface area contributed by atoms with Gasteiger partial charge < -0.3 is 0 Å². The lowest BCUT2D eigenvalue weighted by molar-refractivity contribution is 0.602. The van der Waals surface area contributed by atoms with Gasteiger partial charge in [-0.2, -0.15) is 0 Å². The first-order valence-corrected chi connectivity index (χ1v) is 12.6. The molecule has 1 aliphatic rings. The van der Waals surface area contributed by atoms with Crippen LogP contribution in [0, 0.1) is 0 Å². The van der Waals surface area contributed by atoms with Gasteiger partial charge in [-0.15, -0.1) is 0 Å². The van der Waals surface area contributed by atoms with Crippen molar-refractivity contribution in [1.82, 2.24) is 19.5 Å². The van der Waals surface area contributed by atoms with Gasteiger partial charge in [0.05, 0.1) is 16.3 Å². The van der Waals surface area contributed by atoms with Crippen molar-refractivity contribution in [3.63, 3.8) is 0 Å². The van der Waals surface area contributed by atoms with E-state index in [1.807, 2.05) is 18.2 Å². The van der Waals surface area contributed by atoms with Crippen LogP contribution in [0.5, 0.6) is 0 Å². The minimum Gasteiger partial charge on any atom is -0.266 e. The second-order valence-corrected chi connectivity index (χ2v) is 10.3. The molecule has 0 atom stereocenters. The van der Waals surface area contributed by atoms with E-state index in [1.165, 1.54) is 46.4 Å². The van der Waals surface area contributed by atoms with Gasteiger partial charge in [-0.25, -0.2) is 23.4 Å². The summed E-state index contributed by atoms with van der Waals surface area (Å²) in [5.41, 5.74) is 3.68. The van der Waals surface area contributed by atoms with Gasteiger partial charge in [0, 0.05) is 36.5 Å². The smallest absolute Gasteiger partial charge is 0.266 e. The summed E-state index contributed by atoms with van der Waals surface area (Å²) in [6, 6.07) is 14.1. The summed E-state index contributed by atoms with van der Waals surface area (Å²) < 4.78 is 25.1. The maximum Gasteiger partial charge on any atom is 0.286 e. The fourth-order valence-electron chi connectivity index (χ4n) is 3.49. The molecule has 0 radical (unpaired) electrons. The minimum atomic E-state index is -3.35. The summed E-state index contributed by atoms with van der Waals surface area (Å²) >= 11 is 1.38. The number of aliphatic imine (C=N–C) groups is 1. The molecule has 0 N–H and O–H groups in total.